The molecular weight excluding hydrogens is 515 g/mol. The van der Waals surface area contributed by atoms with Gasteiger partial charge >= 0.3 is 5.97 Å². The summed E-state index contributed by atoms with van der Waals surface area (Å²) in [4.78, 5) is 57.5. The summed E-state index contributed by atoms with van der Waals surface area (Å²) in [5.41, 5.74) is 1.22. The Labute approximate surface area is 227 Å². The topological polar surface area (TPSA) is 121 Å². The zero-order valence-corrected chi connectivity index (χ0v) is 21.2. The number of nitrogens with one attached hydrogen (secondary N) is 3. The van der Waals surface area contributed by atoms with Crippen molar-refractivity contribution in [2.24, 2.45) is 11.8 Å². The summed E-state index contributed by atoms with van der Waals surface area (Å²) < 4.78 is 19.6. The Morgan fingerprint density at radius 3 is 2.58 bits per heavy atom. The van der Waals surface area contributed by atoms with Crippen molar-refractivity contribution in [3.8, 4) is 5.75 Å². The van der Waals surface area contributed by atoms with E-state index in [1.54, 1.807) is 0 Å². The standard InChI is InChI=1S/C30H23FN4O5/c1-15(36)40-19-9-7-18(8-10-19)35-27(37)25-24(12-16-14-32-22-5-3-2-4-20(16)22)34-30(26(25)28(35)38)21-13-17(31)6-11-23(21)33-29(30)39/h2-11,13-14,24-26,32,34H,12H2,1H3,(H,33,39). The van der Waals surface area contributed by atoms with Crippen LogP contribution in [0.25, 0.3) is 10.9 Å². The number of hydrogen-bond acceptors (Lipinski definition) is 6. The predicted molar refractivity (Wildman–Crippen MR) is 143 cm³/mol. The number of ether oxygens (including phenoxy) is 1. The minimum absolute atomic E-state index is 0.269. The van der Waals surface area contributed by atoms with Crippen LogP contribution in [-0.4, -0.2) is 34.7 Å². The first-order valence-electron chi connectivity index (χ1n) is 12.9. The molecule has 4 aromatic rings. The average molecular weight is 539 g/mol. The van der Waals surface area contributed by atoms with Crippen LogP contribution in [0, 0.1) is 17.7 Å². The molecule has 7 rings (SSSR count). The van der Waals surface area contributed by atoms with Gasteiger partial charge in [-0.2, -0.15) is 0 Å². The van der Waals surface area contributed by atoms with Gasteiger partial charge < -0.3 is 15.0 Å². The Kier molecular flexibility index (Phi) is 5.20. The number of halogens is 1. The monoisotopic (exact) mass is 538 g/mol. The van der Waals surface area contributed by atoms with E-state index >= 15 is 0 Å². The van der Waals surface area contributed by atoms with Crippen LogP contribution >= 0.6 is 0 Å². The van der Waals surface area contributed by atoms with E-state index in [2.05, 4.69) is 15.6 Å². The van der Waals surface area contributed by atoms with Crippen molar-refractivity contribution in [3.63, 3.8) is 0 Å². The molecule has 4 heterocycles. The summed E-state index contributed by atoms with van der Waals surface area (Å²) in [6.07, 6.45) is 2.21. The maximum atomic E-state index is 14.5. The molecule has 0 radical (unpaired) electrons. The molecule has 40 heavy (non-hydrogen) atoms. The van der Waals surface area contributed by atoms with E-state index in [0.29, 0.717) is 23.4 Å². The van der Waals surface area contributed by atoms with Gasteiger partial charge in [0.1, 0.15) is 17.1 Å². The number of rotatable bonds is 4. The largest absolute Gasteiger partial charge is 0.427 e. The molecule has 10 heteroatoms. The van der Waals surface area contributed by atoms with Crippen LogP contribution < -0.4 is 20.3 Å². The third-order valence-corrected chi connectivity index (χ3v) is 8.15. The van der Waals surface area contributed by atoms with Crippen molar-refractivity contribution < 1.29 is 28.3 Å². The number of nitrogens with zero attached hydrogens (tertiary/aromatic N) is 1. The number of aromatic amines is 1. The fraction of sp³-hybridized carbons (Fsp3) is 0.200. The molecule has 3 N–H and O–H groups in total. The fourth-order valence-electron chi connectivity index (χ4n) is 6.57. The Morgan fingerprint density at radius 2 is 1.80 bits per heavy atom. The van der Waals surface area contributed by atoms with Gasteiger partial charge in [-0.05, 0) is 60.5 Å². The summed E-state index contributed by atoms with van der Waals surface area (Å²) in [5.74, 6) is -4.30. The van der Waals surface area contributed by atoms with Crippen molar-refractivity contribution >= 4 is 46.0 Å². The number of esters is 1. The molecule has 0 saturated carbocycles. The Balaban J connectivity index is 1.34. The van der Waals surface area contributed by atoms with Gasteiger partial charge in [0, 0.05) is 41.3 Å². The van der Waals surface area contributed by atoms with E-state index in [1.807, 2.05) is 30.5 Å². The summed E-state index contributed by atoms with van der Waals surface area (Å²) in [7, 11) is 0. The molecule has 4 unspecified atom stereocenters. The number of aromatic nitrogens is 1. The number of hydrogen-bond donors (Lipinski definition) is 3. The molecule has 4 atom stereocenters. The number of carbonyl (C=O) groups excluding carboxylic acids is 4. The van der Waals surface area contributed by atoms with E-state index in [4.69, 9.17) is 4.74 Å². The lowest BCUT2D eigenvalue weighted by atomic mass is 9.76. The first-order chi connectivity index (χ1) is 19.3. The number of para-hydroxylation sites is 1. The summed E-state index contributed by atoms with van der Waals surface area (Å²) in [6.45, 7) is 1.27. The zero-order chi connectivity index (χ0) is 27.8. The Hall–Kier alpha value is -4.83. The highest BCUT2D eigenvalue weighted by Gasteiger charge is 2.70. The second-order valence-corrected chi connectivity index (χ2v) is 10.4. The number of amides is 3. The molecule has 3 aliphatic heterocycles. The van der Waals surface area contributed by atoms with Gasteiger partial charge in [0.05, 0.1) is 17.5 Å². The highest BCUT2D eigenvalue weighted by molar-refractivity contribution is 6.25. The first kappa shape index (κ1) is 24.2. The lowest BCUT2D eigenvalue weighted by Gasteiger charge is -2.29. The van der Waals surface area contributed by atoms with Gasteiger partial charge in [-0.3, -0.25) is 24.5 Å². The zero-order valence-electron chi connectivity index (χ0n) is 21.2. The van der Waals surface area contributed by atoms with Crippen molar-refractivity contribution in [1.82, 2.24) is 10.3 Å². The number of benzene rings is 3. The molecule has 2 fully saturated rings. The van der Waals surface area contributed by atoms with E-state index < -0.39 is 52.9 Å². The number of imide groups is 1. The van der Waals surface area contributed by atoms with Gasteiger partial charge in [-0.25, -0.2) is 9.29 Å². The van der Waals surface area contributed by atoms with Crippen molar-refractivity contribution in [2.75, 3.05) is 10.2 Å². The van der Waals surface area contributed by atoms with Crippen LogP contribution in [0.4, 0.5) is 15.8 Å². The minimum atomic E-state index is -1.63. The maximum Gasteiger partial charge on any atom is 0.308 e. The van der Waals surface area contributed by atoms with Crippen molar-refractivity contribution in [2.45, 2.75) is 24.9 Å². The first-order valence-corrected chi connectivity index (χ1v) is 12.9. The third-order valence-electron chi connectivity index (χ3n) is 8.15. The third kappa shape index (κ3) is 3.35. The summed E-state index contributed by atoms with van der Waals surface area (Å²) >= 11 is 0. The number of H-pyrrole nitrogens is 1. The smallest absolute Gasteiger partial charge is 0.308 e. The SMILES string of the molecule is CC(=O)Oc1ccc(N2C(=O)C3C(Cc4c[nH]c5ccccc45)NC4(C(=O)Nc5ccc(F)cc54)C3C2=O)cc1. The summed E-state index contributed by atoms with van der Waals surface area (Å²) in [6, 6.07) is 17.1. The van der Waals surface area contributed by atoms with E-state index in [0.717, 1.165) is 21.4 Å². The molecule has 3 aliphatic rings. The van der Waals surface area contributed by atoms with Crippen LogP contribution in [0.15, 0.2) is 72.9 Å². The van der Waals surface area contributed by atoms with Gasteiger partial charge in [0.25, 0.3) is 0 Å². The van der Waals surface area contributed by atoms with Crippen molar-refractivity contribution in [3.05, 3.63) is 89.9 Å². The number of carbonyl (C=O) groups is 4. The van der Waals surface area contributed by atoms with Gasteiger partial charge in [-0.1, -0.05) is 18.2 Å². The molecule has 3 amide bonds. The Bertz CT molecular complexity index is 1750. The van der Waals surface area contributed by atoms with Gasteiger partial charge in [0.2, 0.25) is 17.7 Å². The summed E-state index contributed by atoms with van der Waals surface area (Å²) in [5, 5.41) is 7.11. The molecule has 1 spiro atoms. The maximum absolute atomic E-state index is 14.5. The second kappa shape index (κ2) is 8.59. The van der Waals surface area contributed by atoms with Crippen LogP contribution in [0.5, 0.6) is 5.75 Å². The normalized spacial score (nSPS) is 25.0. The lowest BCUT2D eigenvalue weighted by Crippen LogP contribution is -2.53. The average Bonchev–Trinajstić information content (AvgIpc) is 3.64. The lowest BCUT2D eigenvalue weighted by molar-refractivity contribution is -0.132. The van der Waals surface area contributed by atoms with E-state index in [-0.39, 0.29) is 5.75 Å². The van der Waals surface area contributed by atoms with Crippen LogP contribution in [0.3, 0.4) is 0 Å². The number of anilines is 2. The van der Waals surface area contributed by atoms with Gasteiger partial charge in [0.15, 0.2) is 0 Å². The minimum Gasteiger partial charge on any atom is -0.427 e. The van der Waals surface area contributed by atoms with E-state index in [1.165, 1.54) is 49.4 Å². The molecule has 200 valence electrons. The predicted octanol–water partition coefficient (Wildman–Crippen LogP) is 3.40. The fourth-order valence-corrected chi connectivity index (χ4v) is 6.57. The van der Waals surface area contributed by atoms with Crippen LogP contribution in [0.1, 0.15) is 18.1 Å². The molecular formula is C30H23FN4O5. The molecule has 2 saturated heterocycles. The van der Waals surface area contributed by atoms with Crippen molar-refractivity contribution in [1.29, 1.82) is 0 Å². The molecule has 0 bridgehead atoms. The quantitative estimate of drug-likeness (QED) is 0.208. The number of fused-ring (bicyclic) bond motifs is 5. The molecule has 1 aromatic heterocycles. The van der Waals surface area contributed by atoms with Crippen LogP contribution in [0.2, 0.25) is 0 Å². The second-order valence-electron chi connectivity index (χ2n) is 10.4. The van der Waals surface area contributed by atoms with E-state index in [9.17, 15) is 23.6 Å². The molecule has 9 nitrogen and oxygen atoms in total. The Morgan fingerprint density at radius 1 is 1.02 bits per heavy atom. The molecule has 3 aromatic carbocycles. The van der Waals surface area contributed by atoms with Crippen LogP contribution in [-0.2, 0) is 31.1 Å². The molecule has 0 aliphatic carbocycles. The highest BCUT2D eigenvalue weighted by Crippen LogP contribution is 2.54. The van der Waals surface area contributed by atoms with Gasteiger partial charge in [-0.15, -0.1) is 0 Å². The highest BCUT2D eigenvalue weighted by atomic mass is 19.1.